The van der Waals surface area contributed by atoms with Gasteiger partial charge in [0, 0.05) is 42.3 Å². The Kier molecular flexibility index (Phi) is 8.50. The maximum atomic E-state index is 13.2. The topological polar surface area (TPSA) is 71.9 Å². The minimum Gasteiger partial charge on any atom is -0.507 e. The number of phenols is 1. The minimum absolute atomic E-state index is 0.114. The summed E-state index contributed by atoms with van der Waals surface area (Å²) in [6.45, 7) is 11.6. The van der Waals surface area contributed by atoms with Crippen LogP contribution in [0.3, 0.4) is 0 Å². The molecule has 0 radical (unpaired) electrons. The molecule has 0 bridgehead atoms. The number of nitrogens with zero attached hydrogens (tertiary/aromatic N) is 2. The number of aromatic hydroxyl groups is 1. The first-order valence-electron chi connectivity index (χ1n) is 11.1. The van der Waals surface area contributed by atoms with Gasteiger partial charge in [0.05, 0.1) is 33.4 Å². The Labute approximate surface area is 187 Å². The van der Waals surface area contributed by atoms with E-state index in [1.807, 2.05) is 19.9 Å². The zero-order chi connectivity index (χ0) is 23.2. The van der Waals surface area contributed by atoms with Gasteiger partial charge in [-0.1, -0.05) is 38.9 Å². The van der Waals surface area contributed by atoms with Gasteiger partial charge in [0.25, 0.3) is 5.91 Å². The van der Waals surface area contributed by atoms with E-state index in [0.717, 1.165) is 23.3 Å². The molecule has 1 aromatic heterocycles. The van der Waals surface area contributed by atoms with Crippen LogP contribution in [0.25, 0.3) is 11.1 Å². The number of rotatable bonds is 10. The third kappa shape index (κ3) is 4.42. The summed E-state index contributed by atoms with van der Waals surface area (Å²) in [5, 5.41) is 12.6. The van der Waals surface area contributed by atoms with E-state index in [-0.39, 0.29) is 11.7 Å². The number of methoxy groups -OCH3 is 2. The largest absolute Gasteiger partial charge is 0.507 e. The van der Waals surface area contributed by atoms with Crippen LogP contribution in [0, 0.1) is 0 Å². The van der Waals surface area contributed by atoms with E-state index in [9.17, 15) is 9.90 Å². The first kappa shape index (κ1) is 24.7. The van der Waals surface area contributed by atoms with Gasteiger partial charge in [0.15, 0.2) is 0 Å². The summed E-state index contributed by atoms with van der Waals surface area (Å²) < 4.78 is 11.4. The molecule has 0 aliphatic heterocycles. The third-order valence-corrected chi connectivity index (χ3v) is 12.2. The molecule has 1 heterocycles. The number of phenolic OH excluding ortho intramolecular Hbond substituents is 1. The molecule has 2 aromatic rings. The summed E-state index contributed by atoms with van der Waals surface area (Å²) in [4.78, 5) is 19.2. The summed E-state index contributed by atoms with van der Waals surface area (Å²) in [5.74, 6) is 1.18. The van der Waals surface area contributed by atoms with Crippen LogP contribution in [0.2, 0.25) is 18.1 Å². The zero-order valence-corrected chi connectivity index (χ0v) is 20.9. The monoisotopic (exact) mass is 444 g/mol. The molecule has 0 unspecified atom stereocenters. The second-order valence-corrected chi connectivity index (χ2v) is 12.8. The van der Waals surface area contributed by atoms with Crippen LogP contribution in [0.15, 0.2) is 24.5 Å². The van der Waals surface area contributed by atoms with Gasteiger partial charge >= 0.3 is 0 Å². The van der Waals surface area contributed by atoms with Crippen LogP contribution in [-0.2, 0) is 0 Å². The summed E-state index contributed by atoms with van der Waals surface area (Å²) >= 11 is 0. The highest BCUT2D eigenvalue weighted by atomic mass is 28.3. The van der Waals surface area contributed by atoms with Crippen LogP contribution in [0.5, 0.6) is 17.2 Å². The van der Waals surface area contributed by atoms with Crippen LogP contribution < -0.4 is 14.7 Å². The van der Waals surface area contributed by atoms with Crippen molar-refractivity contribution in [2.75, 3.05) is 27.3 Å². The molecule has 1 N–H and O–H groups in total. The summed E-state index contributed by atoms with van der Waals surface area (Å²) in [6, 6.07) is 6.57. The Balaban J connectivity index is 2.91. The predicted molar refractivity (Wildman–Crippen MR) is 129 cm³/mol. The summed E-state index contributed by atoms with van der Waals surface area (Å²) in [6.07, 6.45) is 3.21. The lowest BCUT2D eigenvalue weighted by Crippen LogP contribution is -2.46. The molecule has 170 valence electrons. The SMILES string of the molecule is CCN(CC)C(=O)c1cnccc1-c1c(OC)cc(OC)c([Si](CC)(CC)CC)c1O. The van der Waals surface area contributed by atoms with Gasteiger partial charge in [-0.15, -0.1) is 0 Å². The minimum atomic E-state index is -2.03. The summed E-state index contributed by atoms with van der Waals surface area (Å²) in [7, 11) is 1.16. The van der Waals surface area contributed by atoms with Gasteiger partial charge in [0.2, 0.25) is 0 Å². The molecule has 1 amide bonds. The fraction of sp³-hybridized carbons (Fsp3) is 0.500. The maximum Gasteiger partial charge on any atom is 0.256 e. The van der Waals surface area contributed by atoms with E-state index in [1.54, 1.807) is 37.6 Å². The molecule has 2 rings (SSSR count). The molecule has 0 atom stereocenters. The number of ether oxygens (including phenoxy) is 2. The first-order valence-corrected chi connectivity index (χ1v) is 13.7. The summed E-state index contributed by atoms with van der Waals surface area (Å²) in [5.41, 5.74) is 1.60. The number of aromatic nitrogens is 1. The maximum absolute atomic E-state index is 13.2. The van der Waals surface area contributed by atoms with Gasteiger partial charge < -0.3 is 19.5 Å². The van der Waals surface area contributed by atoms with Crippen molar-refractivity contribution in [3.8, 4) is 28.4 Å². The number of carbonyl (C=O) groups is 1. The standard InChI is InChI=1S/C24H36N2O4Si/c1-8-26(9-2)24(28)18-16-25-14-13-17(18)21-19(29-6)15-20(30-7)23(22(21)27)31(10-3,11-4)12-5/h13-16,27H,8-12H2,1-7H3. The van der Waals surface area contributed by atoms with E-state index in [0.29, 0.717) is 41.3 Å². The molecule has 31 heavy (non-hydrogen) atoms. The molecule has 0 aliphatic carbocycles. The van der Waals surface area contributed by atoms with Gasteiger partial charge in [-0.05, 0) is 19.9 Å². The first-order chi connectivity index (χ1) is 14.9. The fourth-order valence-electron chi connectivity index (χ4n) is 4.46. The van der Waals surface area contributed by atoms with Crippen molar-refractivity contribution in [1.29, 1.82) is 0 Å². The van der Waals surface area contributed by atoms with Crippen molar-refractivity contribution in [1.82, 2.24) is 9.88 Å². The van der Waals surface area contributed by atoms with Crippen molar-refractivity contribution >= 4 is 19.2 Å². The fourth-order valence-corrected chi connectivity index (χ4v) is 8.35. The highest BCUT2D eigenvalue weighted by Crippen LogP contribution is 2.44. The average Bonchev–Trinajstić information content (AvgIpc) is 2.81. The molecule has 7 heteroatoms. The van der Waals surface area contributed by atoms with E-state index < -0.39 is 8.07 Å². The van der Waals surface area contributed by atoms with Crippen LogP contribution in [0.4, 0.5) is 0 Å². The lowest BCUT2D eigenvalue weighted by Gasteiger charge is -2.32. The van der Waals surface area contributed by atoms with Crippen LogP contribution in [-0.4, -0.2) is 56.3 Å². The number of carbonyl (C=O) groups excluding carboxylic acids is 1. The van der Waals surface area contributed by atoms with Crippen molar-refractivity contribution in [3.05, 3.63) is 30.1 Å². The van der Waals surface area contributed by atoms with E-state index in [1.165, 1.54) is 0 Å². The molecular formula is C24H36N2O4Si. The number of amides is 1. The molecule has 0 aliphatic rings. The molecule has 6 nitrogen and oxygen atoms in total. The third-order valence-electron chi connectivity index (χ3n) is 6.60. The quantitative estimate of drug-likeness (QED) is 0.539. The molecule has 0 fully saturated rings. The number of pyridine rings is 1. The van der Waals surface area contributed by atoms with Crippen molar-refractivity contribution in [3.63, 3.8) is 0 Å². The molecule has 0 spiro atoms. The number of hydrogen-bond acceptors (Lipinski definition) is 5. The van der Waals surface area contributed by atoms with Crippen LogP contribution >= 0.6 is 0 Å². The zero-order valence-electron chi connectivity index (χ0n) is 19.9. The Morgan fingerprint density at radius 1 is 1.03 bits per heavy atom. The Morgan fingerprint density at radius 2 is 1.61 bits per heavy atom. The predicted octanol–water partition coefficient (Wildman–Crippen LogP) is 4.67. The number of hydrogen-bond donors (Lipinski definition) is 1. The van der Waals surface area contributed by atoms with Crippen molar-refractivity contribution in [2.45, 2.75) is 52.8 Å². The van der Waals surface area contributed by atoms with E-state index in [4.69, 9.17) is 9.47 Å². The van der Waals surface area contributed by atoms with Gasteiger partial charge in [-0.25, -0.2) is 0 Å². The van der Waals surface area contributed by atoms with Crippen LogP contribution in [0.1, 0.15) is 45.0 Å². The van der Waals surface area contributed by atoms with Crippen molar-refractivity contribution < 1.29 is 19.4 Å². The smallest absolute Gasteiger partial charge is 0.256 e. The molecular weight excluding hydrogens is 408 g/mol. The van der Waals surface area contributed by atoms with Crippen molar-refractivity contribution in [2.24, 2.45) is 0 Å². The van der Waals surface area contributed by atoms with Gasteiger partial charge in [-0.2, -0.15) is 0 Å². The average molecular weight is 445 g/mol. The van der Waals surface area contributed by atoms with E-state index in [2.05, 4.69) is 25.8 Å². The second-order valence-electron chi connectivity index (χ2n) is 7.62. The lowest BCUT2D eigenvalue weighted by atomic mass is 9.98. The highest BCUT2D eigenvalue weighted by molar-refractivity contribution is 6.93. The highest BCUT2D eigenvalue weighted by Gasteiger charge is 2.38. The molecule has 0 saturated heterocycles. The second kappa shape index (κ2) is 10.7. The lowest BCUT2D eigenvalue weighted by molar-refractivity contribution is 0.0773. The van der Waals surface area contributed by atoms with E-state index >= 15 is 0 Å². The normalized spacial score (nSPS) is 11.3. The van der Waals surface area contributed by atoms with Gasteiger partial charge in [-0.3, -0.25) is 9.78 Å². The Hall–Kier alpha value is -2.54. The molecule has 0 saturated carbocycles. The van der Waals surface area contributed by atoms with Gasteiger partial charge in [0.1, 0.15) is 17.2 Å². The number of benzene rings is 1. The Bertz CT molecular complexity index is 900. The molecule has 1 aromatic carbocycles. The Morgan fingerprint density at radius 3 is 2.10 bits per heavy atom.